The molecule has 0 unspecified atom stereocenters. The molecule has 39 heavy (non-hydrogen) atoms. The first-order chi connectivity index (χ1) is 18.5. The fourth-order valence-electron chi connectivity index (χ4n) is 7.28. The second-order valence-corrected chi connectivity index (χ2v) is 12.9. The second-order valence-electron chi connectivity index (χ2n) is 12.5. The van der Waals surface area contributed by atoms with Crippen LogP contribution in [-0.4, -0.2) is 45.0 Å². The Morgan fingerprint density at radius 2 is 1.72 bits per heavy atom. The molecule has 7 rings (SSSR count). The Balaban J connectivity index is 1.12. The molecule has 0 amide bonds. The molecule has 0 radical (unpaired) electrons. The first-order valence-corrected chi connectivity index (χ1v) is 13.9. The van der Waals surface area contributed by atoms with Crippen LogP contribution in [0.1, 0.15) is 61.3 Å². The van der Waals surface area contributed by atoms with Crippen LogP contribution in [0, 0.1) is 23.6 Å². The zero-order valence-electron chi connectivity index (χ0n) is 21.9. The molecule has 10 heteroatoms. The Kier molecular flexibility index (Phi) is 5.47. The summed E-state index contributed by atoms with van der Waals surface area (Å²) in [5.74, 6) is 1.73. The van der Waals surface area contributed by atoms with E-state index in [0.717, 1.165) is 48.8 Å². The van der Waals surface area contributed by atoms with Crippen molar-refractivity contribution in [3.05, 3.63) is 70.0 Å². The van der Waals surface area contributed by atoms with Gasteiger partial charge in [0, 0.05) is 42.0 Å². The molecule has 2 saturated carbocycles. The van der Waals surface area contributed by atoms with Gasteiger partial charge in [0.05, 0.1) is 23.3 Å². The van der Waals surface area contributed by atoms with Crippen molar-refractivity contribution in [2.45, 2.75) is 70.8 Å². The van der Waals surface area contributed by atoms with E-state index in [1.54, 1.807) is 13.0 Å². The van der Waals surface area contributed by atoms with E-state index in [0.29, 0.717) is 29.4 Å². The summed E-state index contributed by atoms with van der Waals surface area (Å²) in [7, 11) is 0. The number of hydrogen-bond donors (Lipinski definition) is 0. The maximum Gasteiger partial charge on any atom is 0.394 e. The van der Waals surface area contributed by atoms with Gasteiger partial charge in [-0.25, -0.2) is 4.39 Å². The summed E-state index contributed by atoms with van der Waals surface area (Å²) >= 11 is 6.36. The van der Waals surface area contributed by atoms with Gasteiger partial charge in [0.2, 0.25) is 0 Å². The fourth-order valence-corrected chi connectivity index (χ4v) is 7.47. The van der Waals surface area contributed by atoms with Crippen LogP contribution >= 0.6 is 11.6 Å². The number of hydrogen-bond acceptors (Lipinski definition) is 4. The molecule has 1 saturated heterocycles. The van der Waals surface area contributed by atoms with Gasteiger partial charge in [0.15, 0.2) is 5.82 Å². The van der Waals surface area contributed by atoms with Gasteiger partial charge >= 0.3 is 6.18 Å². The molecular formula is C29H30ClF4N5. The van der Waals surface area contributed by atoms with Gasteiger partial charge in [-0.05, 0) is 68.0 Å². The van der Waals surface area contributed by atoms with Crippen molar-refractivity contribution in [1.82, 2.24) is 19.7 Å². The van der Waals surface area contributed by atoms with Crippen molar-refractivity contribution in [3.8, 4) is 5.69 Å². The molecule has 0 N–H and O–H groups in total. The fraction of sp³-hybridized carbons (Fsp3) is 0.517. The molecule has 3 heterocycles. The first-order valence-electron chi connectivity index (χ1n) is 13.5. The lowest BCUT2D eigenvalue weighted by Crippen LogP contribution is -2.62. The molecule has 1 aromatic heterocycles. The number of halogens is 5. The maximum absolute atomic E-state index is 14.6. The third-order valence-corrected chi connectivity index (χ3v) is 9.85. The van der Waals surface area contributed by atoms with E-state index >= 15 is 0 Å². The molecule has 206 valence electrons. The molecule has 5 nitrogen and oxygen atoms in total. The molecule has 0 bridgehead atoms. The molecular weight excluding hydrogens is 530 g/mol. The highest BCUT2D eigenvalue weighted by Crippen LogP contribution is 2.58. The lowest BCUT2D eigenvalue weighted by molar-refractivity contribution is -0.258. The summed E-state index contributed by atoms with van der Waals surface area (Å²) in [6, 6.07) is 11.1. The smallest absolute Gasteiger partial charge is 0.368 e. The molecule has 2 aliphatic carbocycles. The molecule has 3 fully saturated rings. The topological polar surface area (TPSA) is 37.2 Å². The van der Waals surface area contributed by atoms with Gasteiger partial charge in [-0.15, -0.1) is 10.2 Å². The van der Waals surface area contributed by atoms with E-state index in [1.807, 2.05) is 30.3 Å². The van der Waals surface area contributed by atoms with Gasteiger partial charge in [0.25, 0.3) is 0 Å². The van der Waals surface area contributed by atoms with E-state index in [-0.39, 0.29) is 36.0 Å². The number of aromatic nitrogens is 3. The number of nitrogens with zero attached hydrogens (tertiary/aromatic N) is 5. The number of benzene rings is 2. The predicted molar refractivity (Wildman–Crippen MR) is 141 cm³/mol. The SMILES string of the molecule is Cc1cccc(N2CC3(CC(c4nnc5n4-c4ccc(Cl)cc4CN(C4CC(C)(C(F)(F)F)C4)C5)C3)C2)c1F. The van der Waals surface area contributed by atoms with Crippen LogP contribution in [0.3, 0.4) is 0 Å². The van der Waals surface area contributed by atoms with Crippen LogP contribution < -0.4 is 4.90 Å². The van der Waals surface area contributed by atoms with E-state index in [1.165, 1.54) is 6.92 Å². The first kappa shape index (κ1) is 25.3. The van der Waals surface area contributed by atoms with Crippen LogP contribution in [0.4, 0.5) is 23.2 Å². The summed E-state index contributed by atoms with van der Waals surface area (Å²) < 4.78 is 57.4. The summed E-state index contributed by atoms with van der Waals surface area (Å²) in [4.78, 5) is 4.22. The largest absolute Gasteiger partial charge is 0.394 e. The number of aryl methyl sites for hydroxylation is 1. The zero-order chi connectivity index (χ0) is 27.3. The Morgan fingerprint density at radius 3 is 2.44 bits per heavy atom. The van der Waals surface area contributed by atoms with Crippen LogP contribution in [0.5, 0.6) is 0 Å². The van der Waals surface area contributed by atoms with Crippen molar-refractivity contribution >= 4 is 17.3 Å². The van der Waals surface area contributed by atoms with Crippen LogP contribution in [0.15, 0.2) is 36.4 Å². The lowest BCUT2D eigenvalue weighted by atomic mass is 9.57. The highest BCUT2D eigenvalue weighted by Gasteiger charge is 2.60. The van der Waals surface area contributed by atoms with Gasteiger partial charge in [-0.3, -0.25) is 9.47 Å². The average Bonchev–Trinajstić information content (AvgIpc) is 3.12. The normalized spacial score (nSPS) is 26.3. The van der Waals surface area contributed by atoms with Gasteiger partial charge in [-0.1, -0.05) is 30.7 Å². The van der Waals surface area contributed by atoms with Crippen LogP contribution in [0.25, 0.3) is 5.69 Å². The van der Waals surface area contributed by atoms with Crippen LogP contribution in [-0.2, 0) is 13.1 Å². The molecule has 1 spiro atoms. The van der Waals surface area contributed by atoms with Gasteiger partial charge in [-0.2, -0.15) is 13.2 Å². The predicted octanol–water partition coefficient (Wildman–Crippen LogP) is 6.80. The third-order valence-electron chi connectivity index (χ3n) is 9.62. The standard InChI is InChI=1S/C29H30ClF4N5/c1-17-4-3-5-23(25(17)31)38-15-28(16-38)9-19(10-28)26-36-35-24-14-37(21-11-27(2,12-21)29(32,33)34)13-18-8-20(30)6-7-22(18)39(24)26/h3-8,19,21H,9-16H2,1-2H3. The number of fused-ring (bicyclic) bond motifs is 3. The van der Waals surface area contributed by atoms with Gasteiger partial charge < -0.3 is 4.90 Å². The Labute approximate surface area is 229 Å². The monoisotopic (exact) mass is 559 g/mol. The number of alkyl halides is 3. The zero-order valence-corrected chi connectivity index (χ0v) is 22.7. The minimum Gasteiger partial charge on any atom is -0.368 e. The van der Waals surface area contributed by atoms with Crippen molar-refractivity contribution in [1.29, 1.82) is 0 Å². The van der Waals surface area contributed by atoms with E-state index < -0.39 is 11.6 Å². The van der Waals surface area contributed by atoms with Crippen molar-refractivity contribution in [2.24, 2.45) is 10.8 Å². The summed E-state index contributed by atoms with van der Waals surface area (Å²) in [6.45, 7) is 5.71. The van der Waals surface area contributed by atoms with E-state index in [2.05, 4.69) is 24.6 Å². The van der Waals surface area contributed by atoms with Crippen molar-refractivity contribution < 1.29 is 17.6 Å². The summed E-state index contributed by atoms with van der Waals surface area (Å²) in [5.41, 5.74) is 1.77. The molecule has 3 aromatic rings. The minimum atomic E-state index is -4.20. The summed E-state index contributed by atoms with van der Waals surface area (Å²) in [6.07, 6.45) is -2.14. The average molecular weight is 560 g/mol. The highest BCUT2D eigenvalue weighted by molar-refractivity contribution is 6.30. The molecule has 4 aliphatic rings. The quantitative estimate of drug-likeness (QED) is 0.331. The van der Waals surface area contributed by atoms with Crippen molar-refractivity contribution in [2.75, 3.05) is 18.0 Å². The third kappa shape index (κ3) is 3.90. The van der Waals surface area contributed by atoms with Crippen LogP contribution in [0.2, 0.25) is 5.02 Å². The maximum atomic E-state index is 14.6. The second kappa shape index (κ2) is 8.43. The van der Waals surface area contributed by atoms with E-state index in [4.69, 9.17) is 11.6 Å². The highest BCUT2D eigenvalue weighted by atomic mass is 35.5. The molecule has 0 atom stereocenters. The lowest BCUT2D eigenvalue weighted by Gasteiger charge is -2.59. The number of anilines is 1. The molecule has 2 aromatic carbocycles. The molecule has 2 aliphatic heterocycles. The minimum absolute atomic E-state index is 0.0799. The Morgan fingerprint density at radius 1 is 0.974 bits per heavy atom. The summed E-state index contributed by atoms with van der Waals surface area (Å²) in [5, 5.41) is 9.76. The number of rotatable bonds is 3. The Hall–Kier alpha value is -2.65. The van der Waals surface area contributed by atoms with E-state index in [9.17, 15) is 17.6 Å². The Bertz CT molecular complexity index is 1450. The van der Waals surface area contributed by atoms with Gasteiger partial charge in [0.1, 0.15) is 11.6 Å². The van der Waals surface area contributed by atoms with Crippen molar-refractivity contribution in [3.63, 3.8) is 0 Å².